The van der Waals surface area contributed by atoms with Gasteiger partial charge in [-0.05, 0) is 42.7 Å². The lowest BCUT2D eigenvalue weighted by molar-refractivity contribution is 0.0948. The quantitative estimate of drug-likeness (QED) is 0.825. The molecule has 27 heavy (non-hydrogen) atoms. The molecule has 1 atom stereocenters. The summed E-state index contributed by atoms with van der Waals surface area (Å²) in [6.45, 7) is 2.45. The molecular formula is C20H25N3O3S. The van der Waals surface area contributed by atoms with E-state index in [9.17, 15) is 13.2 Å². The Kier molecular flexibility index (Phi) is 5.82. The highest BCUT2D eigenvalue weighted by molar-refractivity contribution is 7.89. The molecule has 1 amide bonds. The Bertz CT molecular complexity index is 898. The summed E-state index contributed by atoms with van der Waals surface area (Å²) < 4.78 is 25.6. The molecule has 0 bridgehead atoms. The predicted octanol–water partition coefficient (Wildman–Crippen LogP) is 2.19. The summed E-state index contributed by atoms with van der Waals surface area (Å²) in [6, 6.07) is 16.4. The number of sulfonamides is 1. The highest BCUT2D eigenvalue weighted by Crippen LogP contribution is 2.23. The Balaban J connectivity index is 1.59. The molecule has 1 N–H and O–H groups in total. The van der Waals surface area contributed by atoms with E-state index in [0.29, 0.717) is 18.0 Å². The molecule has 6 nitrogen and oxygen atoms in total. The average Bonchev–Trinajstić information content (AvgIpc) is 3.16. The van der Waals surface area contributed by atoms with Gasteiger partial charge in [0.15, 0.2) is 0 Å². The van der Waals surface area contributed by atoms with Crippen LogP contribution in [-0.2, 0) is 10.0 Å². The summed E-state index contributed by atoms with van der Waals surface area (Å²) in [6.07, 6.45) is 1.02. The number of nitrogens with one attached hydrogen (secondary N) is 1. The number of rotatable bonds is 6. The highest BCUT2D eigenvalue weighted by Gasteiger charge is 2.23. The summed E-state index contributed by atoms with van der Waals surface area (Å²) in [5.41, 5.74) is 1.56. The first-order valence-corrected chi connectivity index (χ1v) is 10.4. The molecule has 1 aliphatic heterocycles. The molecule has 1 aliphatic rings. The molecule has 0 spiro atoms. The molecule has 144 valence electrons. The van der Waals surface area contributed by atoms with Gasteiger partial charge in [-0.15, -0.1) is 0 Å². The van der Waals surface area contributed by atoms with Gasteiger partial charge < -0.3 is 10.2 Å². The molecule has 0 aromatic heterocycles. The van der Waals surface area contributed by atoms with Crippen LogP contribution >= 0.6 is 0 Å². The number of hydrogen-bond acceptors (Lipinski definition) is 4. The minimum Gasteiger partial charge on any atom is -0.371 e. The zero-order chi connectivity index (χ0) is 19.4. The van der Waals surface area contributed by atoms with Crippen LogP contribution in [-0.4, -0.2) is 52.4 Å². The first-order valence-electron chi connectivity index (χ1n) is 8.98. The van der Waals surface area contributed by atoms with E-state index < -0.39 is 10.0 Å². The van der Waals surface area contributed by atoms with Crippen LogP contribution in [0.1, 0.15) is 16.8 Å². The van der Waals surface area contributed by atoms with E-state index in [1.165, 1.54) is 31.9 Å². The second-order valence-electron chi connectivity index (χ2n) is 6.96. The van der Waals surface area contributed by atoms with Crippen molar-refractivity contribution in [2.45, 2.75) is 11.3 Å². The molecule has 1 fully saturated rings. The third-order valence-corrected chi connectivity index (χ3v) is 6.64. The van der Waals surface area contributed by atoms with E-state index in [-0.39, 0.29) is 10.8 Å². The van der Waals surface area contributed by atoms with E-state index in [1.54, 1.807) is 12.1 Å². The number of carbonyl (C=O) groups excluding carboxylic acids is 1. The van der Waals surface area contributed by atoms with Gasteiger partial charge in [-0.2, -0.15) is 0 Å². The Hall–Kier alpha value is -2.38. The van der Waals surface area contributed by atoms with Gasteiger partial charge in [-0.25, -0.2) is 12.7 Å². The van der Waals surface area contributed by atoms with Crippen molar-refractivity contribution in [2.75, 3.05) is 38.6 Å². The number of para-hydroxylation sites is 1. The van der Waals surface area contributed by atoms with Crippen molar-refractivity contribution < 1.29 is 13.2 Å². The molecule has 7 heteroatoms. The van der Waals surface area contributed by atoms with Gasteiger partial charge in [0.25, 0.3) is 5.91 Å². The molecule has 2 aromatic rings. The van der Waals surface area contributed by atoms with Crippen molar-refractivity contribution in [1.29, 1.82) is 0 Å². The average molecular weight is 388 g/mol. The molecule has 2 aromatic carbocycles. The summed E-state index contributed by atoms with van der Waals surface area (Å²) in [5.74, 6) is 0.131. The minimum atomic E-state index is -3.55. The fourth-order valence-corrected chi connectivity index (χ4v) is 4.17. The van der Waals surface area contributed by atoms with Crippen LogP contribution in [0.15, 0.2) is 59.5 Å². The number of anilines is 1. The zero-order valence-electron chi connectivity index (χ0n) is 15.6. The molecule has 0 aliphatic carbocycles. The largest absolute Gasteiger partial charge is 0.371 e. The van der Waals surface area contributed by atoms with Gasteiger partial charge >= 0.3 is 0 Å². The number of carbonyl (C=O) groups is 1. The van der Waals surface area contributed by atoms with Crippen molar-refractivity contribution in [3.05, 3.63) is 60.2 Å². The van der Waals surface area contributed by atoms with Gasteiger partial charge in [0.05, 0.1) is 4.90 Å². The SMILES string of the molecule is CN(C)S(=O)(=O)c1cccc(C(=O)NCC2CCN(c3ccccc3)C2)c1. The van der Waals surface area contributed by atoms with Crippen LogP contribution in [0.5, 0.6) is 0 Å². The maximum absolute atomic E-state index is 12.5. The Morgan fingerprint density at radius 3 is 2.59 bits per heavy atom. The highest BCUT2D eigenvalue weighted by atomic mass is 32.2. The van der Waals surface area contributed by atoms with Gasteiger partial charge in [-0.3, -0.25) is 4.79 Å². The van der Waals surface area contributed by atoms with Gasteiger partial charge in [0, 0.05) is 45.0 Å². The maximum atomic E-state index is 12.5. The fraction of sp³-hybridized carbons (Fsp3) is 0.350. The molecular weight excluding hydrogens is 362 g/mol. The number of nitrogens with zero attached hydrogens (tertiary/aromatic N) is 2. The van der Waals surface area contributed by atoms with Crippen molar-refractivity contribution in [1.82, 2.24) is 9.62 Å². The van der Waals surface area contributed by atoms with Crippen molar-refractivity contribution in [3.8, 4) is 0 Å². The molecule has 0 saturated carbocycles. The molecule has 1 saturated heterocycles. The van der Waals surface area contributed by atoms with Crippen LogP contribution in [0, 0.1) is 5.92 Å². The number of benzene rings is 2. The molecule has 3 rings (SSSR count). The fourth-order valence-electron chi connectivity index (χ4n) is 3.22. The van der Waals surface area contributed by atoms with Gasteiger partial charge in [0.1, 0.15) is 0 Å². The molecule has 0 radical (unpaired) electrons. The monoisotopic (exact) mass is 387 g/mol. The Morgan fingerprint density at radius 2 is 1.89 bits per heavy atom. The van der Waals surface area contributed by atoms with E-state index in [2.05, 4.69) is 22.3 Å². The maximum Gasteiger partial charge on any atom is 0.251 e. The second-order valence-corrected chi connectivity index (χ2v) is 9.11. The van der Waals surface area contributed by atoms with E-state index in [0.717, 1.165) is 23.8 Å². The number of amides is 1. The van der Waals surface area contributed by atoms with E-state index >= 15 is 0 Å². The Morgan fingerprint density at radius 1 is 1.15 bits per heavy atom. The lowest BCUT2D eigenvalue weighted by Gasteiger charge is -2.18. The van der Waals surface area contributed by atoms with Crippen LogP contribution in [0.3, 0.4) is 0 Å². The van der Waals surface area contributed by atoms with E-state index in [1.807, 2.05) is 18.2 Å². The van der Waals surface area contributed by atoms with Crippen molar-refractivity contribution in [3.63, 3.8) is 0 Å². The van der Waals surface area contributed by atoms with Crippen LogP contribution in [0.2, 0.25) is 0 Å². The normalized spacial score (nSPS) is 17.3. The summed E-state index contributed by atoms with van der Waals surface area (Å²) in [7, 11) is -0.609. The van der Waals surface area contributed by atoms with Gasteiger partial charge in [0.2, 0.25) is 10.0 Å². The summed E-state index contributed by atoms with van der Waals surface area (Å²) in [4.78, 5) is 14.9. The molecule has 1 unspecified atom stereocenters. The minimum absolute atomic E-state index is 0.122. The third kappa shape index (κ3) is 4.48. The summed E-state index contributed by atoms with van der Waals surface area (Å²) in [5, 5.41) is 2.95. The van der Waals surface area contributed by atoms with Crippen LogP contribution in [0.25, 0.3) is 0 Å². The van der Waals surface area contributed by atoms with E-state index in [4.69, 9.17) is 0 Å². The predicted molar refractivity (Wildman–Crippen MR) is 106 cm³/mol. The van der Waals surface area contributed by atoms with Crippen molar-refractivity contribution >= 4 is 21.6 Å². The van der Waals surface area contributed by atoms with Crippen LogP contribution < -0.4 is 10.2 Å². The lowest BCUT2D eigenvalue weighted by Crippen LogP contribution is -2.31. The Labute approximate surface area is 160 Å². The zero-order valence-corrected chi connectivity index (χ0v) is 16.4. The van der Waals surface area contributed by atoms with Gasteiger partial charge in [-0.1, -0.05) is 24.3 Å². The lowest BCUT2D eigenvalue weighted by atomic mass is 10.1. The topological polar surface area (TPSA) is 69.7 Å². The number of hydrogen-bond donors (Lipinski definition) is 1. The van der Waals surface area contributed by atoms with Crippen molar-refractivity contribution in [2.24, 2.45) is 5.92 Å². The standard InChI is InChI=1S/C20H25N3O3S/c1-22(2)27(25,26)19-10-6-7-17(13-19)20(24)21-14-16-11-12-23(15-16)18-8-4-3-5-9-18/h3-10,13,16H,11-12,14-15H2,1-2H3,(H,21,24). The third-order valence-electron chi connectivity index (χ3n) is 4.83. The first-order chi connectivity index (χ1) is 12.9. The van der Waals surface area contributed by atoms with Crippen LogP contribution in [0.4, 0.5) is 5.69 Å². The smallest absolute Gasteiger partial charge is 0.251 e. The second kappa shape index (κ2) is 8.10. The summed E-state index contributed by atoms with van der Waals surface area (Å²) >= 11 is 0. The first kappa shape index (κ1) is 19.4. The molecule has 1 heterocycles.